The molecule has 0 atom stereocenters. The molecule has 0 aromatic rings. The lowest BCUT2D eigenvalue weighted by Crippen LogP contribution is -2.37. The molecule has 1 fully saturated rings. The van der Waals surface area contributed by atoms with Gasteiger partial charge in [-0.1, -0.05) is 0 Å². The first kappa shape index (κ1) is 16.0. The zero-order valence-corrected chi connectivity index (χ0v) is 10.9. The average Bonchev–Trinajstić information content (AvgIpc) is 2.34. The van der Waals surface area contributed by atoms with Gasteiger partial charge in [0, 0.05) is 32.7 Å². The number of halogens is 3. The molecule has 0 amide bonds. The highest BCUT2D eigenvalue weighted by Gasteiger charge is 2.26. The van der Waals surface area contributed by atoms with E-state index in [1.807, 2.05) is 0 Å². The fourth-order valence-electron chi connectivity index (χ4n) is 1.71. The molecule has 0 aromatic heterocycles. The fraction of sp³-hybridized carbons (Fsp3) is 0.909. The summed E-state index contributed by atoms with van der Waals surface area (Å²) in [5.41, 5.74) is 5.46. The van der Waals surface area contributed by atoms with Crippen LogP contribution in [0.1, 0.15) is 12.8 Å². The van der Waals surface area contributed by atoms with E-state index >= 15 is 0 Å². The van der Waals surface area contributed by atoms with Crippen LogP contribution in [0.2, 0.25) is 0 Å². The van der Waals surface area contributed by atoms with Gasteiger partial charge in [0.1, 0.15) is 0 Å². The van der Waals surface area contributed by atoms with Crippen LogP contribution in [-0.2, 0) is 4.74 Å². The highest BCUT2D eigenvalue weighted by molar-refractivity contribution is 5.77. The number of alkyl halides is 3. The van der Waals surface area contributed by atoms with Gasteiger partial charge in [-0.05, 0) is 6.42 Å². The Bertz CT molecular complexity index is 278. The smallest absolute Gasteiger partial charge is 0.379 e. The summed E-state index contributed by atoms with van der Waals surface area (Å²) in [4.78, 5) is 6.26. The van der Waals surface area contributed by atoms with Crippen LogP contribution >= 0.6 is 0 Å². The van der Waals surface area contributed by atoms with E-state index in [0.717, 1.165) is 39.3 Å². The lowest BCUT2D eigenvalue weighted by Gasteiger charge is -2.26. The van der Waals surface area contributed by atoms with Crippen molar-refractivity contribution in [2.75, 3.05) is 45.9 Å². The Balaban J connectivity index is 2.04. The van der Waals surface area contributed by atoms with E-state index in [4.69, 9.17) is 10.5 Å². The maximum Gasteiger partial charge on any atom is 0.390 e. The van der Waals surface area contributed by atoms with Crippen LogP contribution in [0.25, 0.3) is 0 Å². The molecule has 19 heavy (non-hydrogen) atoms. The summed E-state index contributed by atoms with van der Waals surface area (Å²) >= 11 is 0. The van der Waals surface area contributed by atoms with Crippen molar-refractivity contribution in [2.24, 2.45) is 10.7 Å². The van der Waals surface area contributed by atoms with Crippen LogP contribution in [0.4, 0.5) is 13.2 Å². The Morgan fingerprint density at radius 3 is 2.63 bits per heavy atom. The Hall–Kier alpha value is -1.02. The first-order valence-electron chi connectivity index (χ1n) is 6.38. The largest absolute Gasteiger partial charge is 0.390 e. The van der Waals surface area contributed by atoms with E-state index < -0.39 is 12.6 Å². The van der Waals surface area contributed by atoms with Gasteiger partial charge in [-0.25, -0.2) is 0 Å². The zero-order valence-electron chi connectivity index (χ0n) is 10.9. The Morgan fingerprint density at radius 2 is 2.00 bits per heavy atom. The Kier molecular flexibility index (Phi) is 6.93. The molecule has 1 aliphatic rings. The van der Waals surface area contributed by atoms with Crippen molar-refractivity contribution in [3.05, 3.63) is 0 Å². The molecule has 1 aliphatic heterocycles. The predicted octanol–water partition coefficient (Wildman–Crippen LogP) is 0.565. The van der Waals surface area contributed by atoms with Gasteiger partial charge in [-0.15, -0.1) is 0 Å². The van der Waals surface area contributed by atoms with Crippen molar-refractivity contribution in [3.63, 3.8) is 0 Å². The minimum absolute atomic E-state index is 0.0752. The van der Waals surface area contributed by atoms with Crippen LogP contribution in [0.5, 0.6) is 0 Å². The number of morpholine rings is 1. The van der Waals surface area contributed by atoms with Gasteiger partial charge in [0.05, 0.1) is 19.6 Å². The molecule has 1 rings (SSSR count). The number of nitrogens with two attached hydrogens (primary N) is 1. The Morgan fingerprint density at radius 1 is 1.32 bits per heavy atom. The van der Waals surface area contributed by atoms with Crippen molar-refractivity contribution in [1.29, 1.82) is 0 Å². The highest BCUT2D eigenvalue weighted by atomic mass is 19.4. The molecule has 0 aromatic carbocycles. The molecule has 3 N–H and O–H groups in total. The maximum atomic E-state index is 11.9. The molecule has 112 valence electrons. The lowest BCUT2D eigenvalue weighted by molar-refractivity contribution is -0.132. The molecule has 0 radical (unpaired) electrons. The standard InChI is InChI=1S/C11H21F3N4O/c12-11(13,14)2-4-17-10(15)16-3-1-5-18-6-8-19-9-7-18/h1-9H2,(H3,15,16,17). The average molecular weight is 282 g/mol. The van der Waals surface area contributed by atoms with Crippen molar-refractivity contribution in [3.8, 4) is 0 Å². The Labute approximate surface area is 111 Å². The van der Waals surface area contributed by atoms with Gasteiger partial charge >= 0.3 is 6.18 Å². The van der Waals surface area contributed by atoms with Crippen LogP contribution in [0.3, 0.4) is 0 Å². The van der Waals surface area contributed by atoms with Gasteiger partial charge in [0.15, 0.2) is 5.96 Å². The monoisotopic (exact) mass is 282 g/mol. The minimum atomic E-state index is -4.16. The van der Waals surface area contributed by atoms with Crippen LogP contribution < -0.4 is 11.1 Å². The van der Waals surface area contributed by atoms with Crippen LogP contribution in [-0.4, -0.2) is 63.0 Å². The third kappa shape index (κ3) is 8.66. The zero-order chi connectivity index (χ0) is 14.1. The summed E-state index contributed by atoms with van der Waals surface area (Å²) in [6, 6.07) is 0. The normalized spacial score (nSPS) is 18.6. The summed E-state index contributed by atoms with van der Waals surface area (Å²) in [5.74, 6) is 0.0752. The number of guanidine groups is 1. The topological polar surface area (TPSA) is 62.9 Å². The molecule has 1 saturated heterocycles. The minimum Gasteiger partial charge on any atom is -0.379 e. The number of hydrogen-bond donors (Lipinski definition) is 2. The number of hydrogen-bond acceptors (Lipinski definition) is 3. The maximum absolute atomic E-state index is 11.9. The van der Waals surface area contributed by atoms with Gasteiger partial charge < -0.3 is 15.8 Å². The summed E-state index contributed by atoms with van der Waals surface area (Å²) < 4.78 is 40.9. The lowest BCUT2D eigenvalue weighted by atomic mass is 10.3. The van der Waals surface area contributed by atoms with Gasteiger partial charge in [-0.3, -0.25) is 9.89 Å². The summed E-state index contributed by atoms with van der Waals surface area (Å²) in [7, 11) is 0. The van der Waals surface area contributed by atoms with Crippen molar-refractivity contribution in [2.45, 2.75) is 19.0 Å². The predicted molar refractivity (Wildman–Crippen MR) is 67.0 cm³/mol. The molecule has 5 nitrogen and oxygen atoms in total. The molecule has 0 spiro atoms. The second-order valence-electron chi connectivity index (χ2n) is 4.37. The van der Waals surface area contributed by atoms with Crippen molar-refractivity contribution >= 4 is 5.96 Å². The molecule has 0 unspecified atom stereocenters. The van der Waals surface area contributed by atoms with E-state index in [1.54, 1.807) is 0 Å². The number of rotatable bonds is 6. The van der Waals surface area contributed by atoms with Gasteiger partial charge in [0.25, 0.3) is 0 Å². The molecule has 0 bridgehead atoms. The summed E-state index contributed by atoms with van der Waals surface area (Å²) in [6.45, 7) is 4.54. The third-order valence-corrected chi connectivity index (χ3v) is 2.73. The number of aliphatic imine (C=N–C) groups is 1. The molecule has 0 aliphatic carbocycles. The van der Waals surface area contributed by atoms with Crippen LogP contribution in [0, 0.1) is 0 Å². The van der Waals surface area contributed by atoms with Gasteiger partial charge in [0.2, 0.25) is 0 Å². The SMILES string of the molecule is NC(=NCCCN1CCOCC1)NCCC(F)(F)F. The second kappa shape index (κ2) is 8.21. The first-order chi connectivity index (χ1) is 8.97. The van der Waals surface area contributed by atoms with Crippen LogP contribution in [0.15, 0.2) is 4.99 Å². The van der Waals surface area contributed by atoms with Gasteiger partial charge in [-0.2, -0.15) is 13.2 Å². The third-order valence-electron chi connectivity index (χ3n) is 2.73. The molecular weight excluding hydrogens is 261 g/mol. The molecular formula is C11H21F3N4O. The second-order valence-corrected chi connectivity index (χ2v) is 4.37. The number of ether oxygens (including phenoxy) is 1. The number of nitrogens with one attached hydrogen (secondary N) is 1. The van der Waals surface area contributed by atoms with Crippen molar-refractivity contribution in [1.82, 2.24) is 10.2 Å². The number of nitrogens with zero attached hydrogens (tertiary/aromatic N) is 2. The fourth-order valence-corrected chi connectivity index (χ4v) is 1.71. The summed E-state index contributed by atoms with van der Waals surface area (Å²) in [6.07, 6.45) is -4.23. The van der Waals surface area contributed by atoms with E-state index in [1.165, 1.54) is 0 Å². The first-order valence-corrected chi connectivity index (χ1v) is 6.38. The van der Waals surface area contributed by atoms with E-state index in [9.17, 15) is 13.2 Å². The molecule has 1 heterocycles. The van der Waals surface area contributed by atoms with E-state index in [0.29, 0.717) is 6.54 Å². The molecule has 8 heteroatoms. The van der Waals surface area contributed by atoms with Crippen molar-refractivity contribution < 1.29 is 17.9 Å². The highest BCUT2D eigenvalue weighted by Crippen LogP contribution is 2.17. The van der Waals surface area contributed by atoms with E-state index in [2.05, 4.69) is 15.2 Å². The quantitative estimate of drug-likeness (QED) is 0.425. The summed E-state index contributed by atoms with van der Waals surface area (Å²) in [5, 5.41) is 2.45. The molecule has 0 saturated carbocycles. The van der Waals surface area contributed by atoms with E-state index in [-0.39, 0.29) is 12.5 Å².